The molecule has 6 heteroatoms. The molecule has 0 nitrogen and oxygen atoms in total. The van der Waals surface area contributed by atoms with E-state index in [-0.39, 0.29) is 40.7 Å². The first kappa shape index (κ1) is 33.7. The Labute approximate surface area is 254 Å². The second-order valence-corrected chi connectivity index (χ2v) is 13.9. The summed E-state index contributed by atoms with van der Waals surface area (Å²) in [5.41, 5.74) is 0. The zero-order chi connectivity index (χ0) is 23.8. The Bertz CT molecular complexity index is 874. The molecule has 0 aromatic heterocycles. The number of benzene rings is 4. The van der Waals surface area contributed by atoms with Gasteiger partial charge in [0.05, 0.1) is 0 Å². The zero-order valence-electron chi connectivity index (χ0n) is 20.1. The molecule has 0 unspecified atom stereocenters. The fraction of sp³-hybridized carbons (Fsp3) is 0.200. The molecule has 36 heavy (non-hydrogen) atoms. The molecular weight excluding hydrogens is 706 g/mol. The van der Waals surface area contributed by atoms with Gasteiger partial charge in [-0.1, -0.05) is 0 Å². The van der Waals surface area contributed by atoms with Gasteiger partial charge in [-0.25, -0.2) is 0 Å². The van der Waals surface area contributed by atoms with Gasteiger partial charge in [0, 0.05) is 0 Å². The van der Waals surface area contributed by atoms with E-state index in [0.29, 0.717) is 0 Å². The summed E-state index contributed by atoms with van der Waals surface area (Å²) in [7, 11) is -0.362. The Morgan fingerprint density at radius 3 is 0.806 bits per heavy atom. The van der Waals surface area contributed by atoms with Crippen LogP contribution in [0.2, 0.25) is 9.79 Å². The van der Waals surface area contributed by atoms with Crippen LogP contribution >= 0.6 is 40.7 Å². The second kappa shape index (κ2) is 20.6. The second-order valence-electron chi connectivity index (χ2n) is 7.67. The Kier molecular flexibility index (Phi) is 19.3. The van der Waals surface area contributed by atoms with E-state index >= 15 is 0 Å². The molecule has 4 aromatic rings. The van der Waals surface area contributed by atoms with Gasteiger partial charge in [-0.15, -0.1) is 24.8 Å². The van der Waals surface area contributed by atoms with Crippen LogP contribution in [0.3, 0.4) is 0 Å². The molecule has 198 valence electrons. The van der Waals surface area contributed by atoms with Crippen LogP contribution in [0, 0.1) is 0 Å². The van der Waals surface area contributed by atoms with Crippen molar-refractivity contribution >= 4 is 61.9 Å². The van der Waals surface area contributed by atoms with Gasteiger partial charge in [-0.3, -0.25) is 0 Å². The van der Waals surface area contributed by atoms with Crippen LogP contribution in [0.5, 0.6) is 0 Å². The summed E-state index contributed by atoms with van der Waals surface area (Å²) in [6.07, 6.45) is 5.03. The fourth-order valence-corrected chi connectivity index (χ4v) is 9.73. The van der Waals surface area contributed by atoms with Crippen LogP contribution in [-0.4, -0.2) is 12.3 Å². The number of rotatable bonds is 10. The minimum absolute atomic E-state index is 0. The third-order valence-corrected chi connectivity index (χ3v) is 11.6. The van der Waals surface area contributed by atoms with E-state index < -0.39 is 0 Å². The van der Waals surface area contributed by atoms with Gasteiger partial charge in [0.15, 0.2) is 0 Å². The van der Waals surface area contributed by atoms with Gasteiger partial charge in [-0.05, 0) is 0 Å². The first-order chi connectivity index (χ1) is 16.8. The summed E-state index contributed by atoms with van der Waals surface area (Å²) < 4.78 is 0. The minimum atomic E-state index is -0.181. The first-order valence-electron chi connectivity index (χ1n) is 11.6. The molecule has 0 fully saturated rings. The molecular formula is C30H34Cl2P2Pd2. The zero-order valence-corrected chi connectivity index (χ0v) is 26.7. The molecule has 0 amide bonds. The Balaban J connectivity index is 0.000000341. The van der Waals surface area contributed by atoms with Crippen LogP contribution < -0.4 is 21.2 Å². The Morgan fingerprint density at radius 2 is 0.611 bits per heavy atom. The van der Waals surface area contributed by atoms with E-state index in [0.717, 1.165) is 9.79 Å². The molecule has 0 saturated carbocycles. The Morgan fingerprint density at radius 1 is 0.389 bits per heavy atom. The molecule has 0 atom stereocenters. The molecule has 0 saturated heterocycles. The molecule has 0 aliphatic heterocycles. The van der Waals surface area contributed by atoms with E-state index in [2.05, 4.69) is 160 Å². The molecule has 0 bridgehead atoms. The van der Waals surface area contributed by atoms with Gasteiger partial charge in [0.25, 0.3) is 0 Å². The van der Waals surface area contributed by atoms with Crippen LogP contribution in [0.4, 0.5) is 0 Å². The standard InChI is InChI=1S/2C15H16P.2ClH.2Pd/c2*1-2-13-16(14-9-5-3-6-10-14)15-11-7-4-8-12-15;;;;/h2*3-12H,1-2,13H2;2*1H;;. The van der Waals surface area contributed by atoms with Crippen molar-refractivity contribution in [2.75, 3.05) is 12.3 Å². The molecule has 4 rings (SSSR count). The van der Waals surface area contributed by atoms with Crippen molar-refractivity contribution in [1.82, 2.24) is 0 Å². The van der Waals surface area contributed by atoms with Crippen molar-refractivity contribution in [2.24, 2.45) is 0 Å². The third kappa shape index (κ3) is 11.6. The van der Waals surface area contributed by atoms with Crippen molar-refractivity contribution in [3.8, 4) is 0 Å². The fourth-order valence-electron chi connectivity index (χ4n) is 3.66. The molecule has 0 N–H and O–H groups in total. The summed E-state index contributed by atoms with van der Waals surface area (Å²) in [4.78, 5) is 2.25. The summed E-state index contributed by atoms with van der Waals surface area (Å²) in [5.74, 6) is 0. The number of hydrogen-bond acceptors (Lipinski definition) is 0. The van der Waals surface area contributed by atoms with E-state index in [1.165, 1.54) is 46.4 Å². The van der Waals surface area contributed by atoms with Gasteiger partial charge < -0.3 is 0 Å². The molecule has 0 aliphatic carbocycles. The first-order valence-corrected chi connectivity index (χ1v) is 16.9. The van der Waals surface area contributed by atoms with Crippen molar-refractivity contribution in [3.05, 3.63) is 121 Å². The van der Waals surface area contributed by atoms with Crippen molar-refractivity contribution in [2.45, 2.75) is 22.6 Å². The summed E-state index contributed by atoms with van der Waals surface area (Å²) >= 11 is 6.56. The van der Waals surface area contributed by atoms with Gasteiger partial charge in [0.2, 0.25) is 0 Å². The third-order valence-electron chi connectivity index (χ3n) is 5.26. The predicted octanol–water partition coefficient (Wildman–Crippen LogP) is 7.79. The number of hydrogen-bond donors (Lipinski definition) is 0. The summed E-state index contributed by atoms with van der Waals surface area (Å²) in [6.45, 7) is 0. The van der Waals surface area contributed by atoms with E-state index in [9.17, 15) is 0 Å². The summed E-state index contributed by atoms with van der Waals surface area (Å²) in [5, 5.41) is 5.94. The van der Waals surface area contributed by atoms with Gasteiger partial charge in [0.1, 0.15) is 0 Å². The Hall–Kier alpha value is -0.355. The van der Waals surface area contributed by atoms with Gasteiger partial charge >= 0.3 is 232 Å². The molecule has 4 aromatic carbocycles. The van der Waals surface area contributed by atoms with Crippen molar-refractivity contribution in [1.29, 1.82) is 0 Å². The average Bonchev–Trinajstić information content (AvgIpc) is 2.92. The quantitative estimate of drug-likeness (QED) is 0.115. The van der Waals surface area contributed by atoms with Crippen LogP contribution in [0.1, 0.15) is 12.8 Å². The molecule has 0 heterocycles. The molecule has 0 spiro atoms. The van der Waals surface area contributed by atoms with E-state index in [1.807, 2.05) is 0 Å². The summed E-state index contributed by atoms with van der Waals surface area (Å²) in [6, 6.07) is 43.6. The van der Waals surface area contributed by atoms with E-state index in [4.69, 9.17) is 0 Å². The van der Waals surface area contributed by atoms with Gasteiger partial charge in [-0.2, -0.15) is 0 Å². The SMILES string of the molecule is Cl.Cl.[Pd][CH2]CCP(c1ccccc1)c1ccccc1.[Pd][CH2]CCP(c1ccccc1)c1ccccc1. The topological polar surface area (TPSA) is 0 Å². The van der Waals surface area contributed by atoms with Crippen LogP contribution in [0.15, 0.2) is 121 Å². The maximum atomic E-state index is 3.28. The van der Waals surface area contributed by atoms with E-state index in [1.54, 1.807) is 0 Å². The van der Waals surface area contributed by atoms with Crippen molar-refractivity contribution < 1.29 is 38.4 Å². The monoisotopic (exact) mass is 738 g/mol. The normalized spacial score (nSPS) is 10.2. The predicted molar refractivity (Wildman–Crippen MR) is 161 cm³/mol. The average molecular weight is 740 g/mol. The molecule has 0 aliphatic rings. The maximum absolute atomic E-state index is 3.28. The van der Waals surface area contributed by atoms with Crippen LogP contribution in [0.25, 0.3) is 0 Å². The number of halogens is 2. The van der Waals surface area contributed by atoms with Crippen molar-refractivity contribution in [3.63, 3.8) is 0 Å². The molecule has 0 radical (unpaired) electrons. The van der Waals surface area contributed by atoms with Crippen LogP contribution in [-0.2, 0) is 38.4 Å².